The first-order valence-corrected chi connectivity index (χ1v) is 5.75. The van der Waals surface area contributed by atoms with Gasteiger partial charge >= 0.3 is 6.18 Å². The first kappa shape index (κ1) is 13.8. The van der Waals surface area contributed by atoms with E-state index in [9.17, 15) is 23.1 Å². The third-order valence-electron chi connectivity index (χ3n) is 3.17. The number of nitrogens with zero attached hydrogens (tertiary/aromatic N) is 2. The number of aryl methyl sites for hydroxylation is 1. The number of amides is 1. The Labute approximate surface area is 107 Å². The van der Waals surface area contributed by atoms with Gasteiger partial charge in [0.2, 0.25) is 0 Å². The molecule has 0 unspecified atom stereocenters. The molecule has 1 aliphatic heterocycles. The van der Waals surface area contributed by atoms with E-state index >= 15 is 0 Å². The van der Waals surface area contributed by atoms with Gasteiger partial charge in [-0.15, -0.1) is 0 Å². The first-order valence-electron chi connectivity index (χ1n) is 5.75. The van der Waals surface area contributed by atoms with Crippen LogP contribution < -0.4 is 0 Å². The number of halogens is 3. The molecule has 0 aliphatic carbocycles. The van der Waals surface area contributed by atoms with Crippen LogP contribution in [0.25, 0.3) is 0 Å². The van der Waals surface area contributed by atoms with Crippen molar-refractivity contribution in [1.82, 2.24) is 9.88 Å². The van der Waals surface area contributed by atoms with Gasteiger partial charge in [0.05, 0.1) is 6.54 Å². The number of β-amino-alcohol motifs (C(OH)–C–C–N with tert-alkyl or cyclic N) is 1. The number of pyridine rings is 1. The Balaban J connectivity index is 2.16. The van der Waals surface area contributed by atoms with E-state index < -0.39 is 30.7 Å². The number of carbonyl (C=O) groups is 1. The van der Waals surface area contributed by atoms with Gasteiger partial charge in [0.1, 0.15) is 5.69 Å². The van der Waals surface area contributed by atoms with Crippen molar-refractivity contribution in [3.05, 3.63) is 29.6 Å². The molecule has 1 amide bonds. The Hall–Kier alpha value is -1.63. The van der Waals surface area contributed by atoms with Crippen LogP contribution in [-0.2, 0) is 0 Å². The summed E-state index contributed by atoms with van der Waals surface area (Å²) in [7, 11) is 0. The van der Waals surface area contributed by atoms with Crippen LogP contribution in [0.3, 0.4) is 0 Å². The fourth-order valence-corrected chi connectivity index (χ4v) is 2.02. The van der Waals surface area contributed by atoms with Crippen LogP contribution in [0, 0.1) is 6.92 Å². The summed E-state index contributed by atoms with van der Waals surface area (Å²) >= 11 is 0. The molecule has 0 saturated carbocycles. The second kappa shape index (κ2) is 4.48. The topological polar surface area (TPSA) is 53.4 Å². The van der Waals surface area contributed by atoms with Gasteiger partial charge in [-0.1, -0.05) is 6.07 Å². The summed E-state index contributed by atoms with van der Waals surface area (Å²) in [5.74, 6) is -0.594. The van der Waals surface area contributed by atoms with Gasteiger partial charge in [0, 0.05) is 18.7 Å². The number of hydrogen-bond donors (Lipinski definition) is 1. The Morgan fingerprint density at radius 1 is 1.47 bits per heavy atom. The predicted molar refractivity (Wildman–Crippen MR) is 60.5 cm³/mol. The molecule has 1 atom stereocenters. The highest BCUT2D eigenvalue weighted by molar-refractivity contribution is 5.92. The minimum Gasteiger partial charge on any atom is -0.379 e. The van der Waals surface area contributed by atoms with E-state index in [2.05, 4.69) is 4.98 Å². The molecular weight excluding hydrogens is 261 g/mol. The van der Waals surface area contributed by atoms with E-state index in [-0.39, 0.29) is 12.2 Å². The molecule has 4 nitrogen and oxygen atoms in total. The maximum atomic E-state index is 12.6. The minimum absolute atomic E-state index is 0.0893. The van der Waals surface area contributed by atoms with Gasteiger partial charge < -0.3 is 10.0 Å². The molecule has 2 heterocycles. The van der Waals surface area contributed by atoms with E-state index in [1.807, 2.05) is 0 Å². The van der Waals surface area contributed by atoms with Gasteiger partial charge in [-0.2, -0.15) is 13.2 Å². The van der Waals surface area contributed by atoms with E-state index in [0.29, 0.717) is 5.69 Å². The summed E-state index contributed by atoms with van der Waals surface area (Å²) in [4.78, 5) is 17.0. The van der Waals surface area contributed by atoms with Crippen LogP contribution >= 0.6 is 0 Å². The molecule has 1 fully saturated rings. The molecule has 1 N–H and O–H groups in total. The molecule has 1 aromatic heterocycles. The monoisotopic (exact) mass is 274 g/mol. The summed E-state index contributed by atoms with van der Waals surface area (Å²) in [6.07, 6.45) is -5.24. The van der Waals surface area contributed by atoms with Gasteiger partial charge in [-0.05, 0) is 19.1 Å². The van der Waals surface area contributed by atoms with Crippen molar-refractivity contribution in [3.8, 4) is 0 Å². The van der Waals surface area contributed by atoms with Crippen LogP contribution in [0.4, 0.5) is 13.2 Å². The molecule has 7 heteroatoms. The Morgan fingerprint density at radius 3 is 2.68 bits per heavy atom. The molecule has 2 rings (SSSR count). The molecule has 19 heavy (non-hydrogen) atoms. The SMILES string of the molecule is Cc1cccc(C(=O)N2CC[C@@](O)(C(F)(F)F)C2)n1. The number of rotatable bonds is 1. The number of hydrogen-bond acceptors (Lipinski definition) is 3. The second-order valence-corrected chi connectivity index (χ2v) is 4.67. The molecule has 1 aromatic rings. The molecule has 0 spiro atoms. The van der Waals surface area contributed by atoms with Gasteiger partial charge in [0.15, 0.2) is 5.60 Å². The fourth-order valence-electron chi connectivity index (χ4n) is 2.02. The van der Waals surface area contributed by atoms with Crippen molar-refractivity contribution < 1.29 is 23.1 Å². The highest BCUT2D eigenvalue weighted by Crippen LogP contribution is 2.37. The number of aliphatic hydroxyl groups is 1. The highest BCUT2D eigenvalue weighted by atomic mass is 19.4. The van der Waals surface area contributed by atoms with Crippen LogP contribution in [0.15, 0.2) is 18.2 Å². The molecular formula is C12H13F3N2O2. The predicted octanol–water partition coefficient (Wildman–Crippen LogP) is 1.53. The Kier molecular flexibility index (Phi) is 3.25. The Bertz CT molecular complexity index is 504. The van der Waals surface area contributed by atoms with E-state index in [1.165, 1.54) is 6.07 Å². The zero-order chi connectivity index (χ0) is 14.3. The first-order chi connectivity index (χ1) is 8.73. The van der Waals surface area contributed by atoms with E-state index in [4.69, 9.17) is 0 Å². The van der Waals surface area contributed by atoms with Crippen molar-refractivity contribution >= 4 is 5.91 Å². The van der Waals surface area contributed by atoms with Gasteiger partial charge in [0.25, 0.3) is 5.91 Å². The van der Waals surface area contributed by atoms with Crippen LogP contribution in [0.5, 0.6) is 0 Å². The normalized spacial score (nSPS) is 23.7. The van der Waals surface area contributed by atoms with Crippen molar-refractivity contribution in [1.29, 1.82) is 0 Å². The van der Waals surface area contributed by atoms with Crippen LogP contribution in [-0.4, -0.2) is 45.8 Å². The quantitative estimate of drug-likeness (QED) is 0.845. The van der Waals surface area contributed by atoms with Crippen molar-refractivity contribution in [2.75, 3.05) is 13.1 Å². The lowest BCUT2D eigenvalue weighted by Crippen LogP contribution is -2.48. The molecule has 0 aromatic carbocycles. The lowest BCUT2D eigenvalue weighted by atomic mass is 10.0. The summed E-state index contributed by atoms with van der Waals surface area (Å²) in [6.45, 7) is 0.808. The molecule has 0 bridgehead atoms. The lowest BCUT2D eigenvalue weighted by molar-refractivity contribution is -0.253. The fraction of sp³-hybridized carbons (Fsp3) is 0.500. The van der Waals surface area contributed by atoms with Gasteiger partial charge in [-0.3, -0.25) is 4.79 Å². The molecule has 104 valence electrons. The van der Waals surface area contributed by atoms with E-state index in [0.717, 1.165) is 4.90 Å². The smallest absolute Gasteiger partial charge is 0.379 e. The van der Waals surface area contributed by atoms with Gasteiger partial charge in [-0.25, -0.2) is 4.98 Å². The minimum atomic E-state index is -4.73. The summed E-state index contributed by atoms with van der Waals surface area (Å²) in [5.41, 5.74) is -2.12. The molecule has 1 aliphatic rings. The zero-order valence-electron chi connectivity index (χ0n) is 10.2. The van der Waals surface area contributed by atoms with E-state index in [1.54, 1.807) is 19.1 Å². The van der Waals surface area contributed by atoms with Crippen LogP contribution in [0.2, 0.25) is 0 Å². The number of likely N-dealkylation sites (tertiary alicyclic amines) is 1. The maximum absolute atomic E-state index is 12.6. The average Bonchev–Trinajstić information content (AvgIpc) is 2.72. The lowest BCUT2D eigenvalue weighted by Gasteiger charge is -2.25. The standard InChI is InChI=1S/C12H13F3N2O2/c1-8-3-2-4-9(16-8)10(18)17-6-5-11(19,7-17)12(13,14)15/h2-4,19H,5-7H2,1H3/t11-/m0/s1. The van der Waals surface area contributed by atoms with Crippen molar-refractivity contribution in [3.63, 3.8) is 0 Å². The number of aromatic nitrogens is 1. The van der Waals surface area contributed by atoms with Crippen molar-refractivity contribution in [2.45, 2.75) is 25.1 Å². The zero-order valence-corrected chi connectivity index (χ0v) is 10.2. The third-order valence-corrected chi connectivity index (χ3v) is 3.17. The highest BCUT2D eigenvalue weighted by Gasteiger charge is 2.57. The summed E-state index contributed by atoms with van der Waals surface area (Å²) < 4.78 is 37.9. The average molecular weight is 274 g/mol. The molecule has 0 radical (unpaired) electrons. The number of alkyl halides is 3. The largest absolute Gasteiger partial charge is 0.419 e. The second-order valence-electron chi connectivity index (χ2n) is 4.67. The number of carbonyl (C=O) groups excluding carboxylic acids is 1. The summed E-state index contributed by atoms with van der Waals surface area (Å²) in [6, 6.07) is 4.74. The van der Waals surface area contributed by atoms with Crippen LogP contribution in [0.1, 0.15) is 22.6 Å². The maximum Gasteiger partial charge on any atom is 0.419 e. The third kappa shape index (κ3) is 2.56. The van der Waals surface area contributed by atoms with Crippen molar-refractivity contribution in [2.24, 2.45) is 0 Å². The molecule has 1 saturated heterocycles. The summed E-state index contributed by atoms with van der Waals surface area (Å²) in [5, 5.41) is 9.51. The Morgan fingerprint density at radius 2 is 2.16 bits per heavy atom.